The molecular formula is C64H40N4O. The lowest BCUT2D eigenvalue weighted by Gasteiger charge is -2.12. The largest absolute Gasteiger partial charge is 0.456 e. The zero-order valence-electron chi connectivity index (χ0n) is 37.3. The van der Waals surface area contributed by atoms with Crippen molar-refractivity contribution >= 4 is 65.6 Å². The fourth-order valence-corrected chi connectivity index (χ4v) is 10.4. The third-order valence-corrected chi connectivity index (χ3v) is 13.8. The highest BCUT2D eigenvalue weighted by atomic mass is 16.3. The highest BCUT2D eigenvalue weighted by Crippen LogP contribution is 2.40. The molecule has 0 atom stereocenters. The summed E-state index contributed by atoms with van der Waals surface area (Å²) >= 11 is 0. The third kappa shape index (κ3) is 6.47. The van der Waals surface area contributed by atoms with E-state index in [4.69, 9.17) is 14.4 Å². The van der Waals surface area contributed by atoms with Crippen LogP contribution < -0.4 is 0 Å². The number of nitrogens with zero attached hydrogens (tertiary/aromatic N) is 4. The highest BCUT2D eigenvalue weighted by molar-refractivity contribution is 6.13. The number of hydrogen-bond acceptors (Lipinski definition) is 3. The molecule has 0 N–H and O–H groups in total. The van der Waals surface area contributed by atoms with Crippen molar-refractivity contribution in [2.24, 2.45) is 0 Å². The van der Waals surface area contributed by atoms with Gasteiger partial charge in [-0.2, -0.15) is 0 Å². The van der Waals surface area contributed by atoms with Gasteiger partial charge < -0.3 is 13.6 Å². The van der Waals surface area contributed by atoms with Gasteiger partial charge in [-0.1, -0.05) is 152 Å². The minimum atomic E-state index is 0.692. The predicted octanol–water partition coefficient (Wildman–Crippen LogP) is 16.9. The summed E-state index contributed by atoms with van der Waals surface area (Å²) < 4.78 is 10.9. The molecule has 0 unspecified atom stereocenters. The van der Waals surface area contributed by atoms with Crippen LogP contribution in [0.25, 0.3) is 133 Å². The molecule has 0 radical (unpaired) electrons. The first-order valence-electron chi connectivity index (χ1n) is 23.4. The van der Waals surface area contributed by atoms with E-state index in [2.05, 4.69) is 228 Å². The van der Waals surface area contributed by atoms with Gasteiger partial charge in [0, 0.05) is 60.4 Å². The van der Waals surface area contributed by atoms with Gasteiger partial charge in [0.2, 0.25) is 0 Å². The minimum Gasteiger partial charge on any atom is -0.456 e. The maximum absolute atomic E-state index is 6.12. The van der Waals surface area contributed by atoms with Crippen LogP contribution in [0, 0.1) is 0 Å². The van der Waals surface area contributed by atoms with E-state index in [9.17, 15) is 0 Å². The monoisotopic (exact) mass is 880 g/mol. The van der Waals surface area contributed by atoms with Gasteiger partial charge in [0.1, 0.15) is 11.2 Å². The second-order valence-electron chi connectivity index (χ2n) is 17.8. The normalized spacial score (nSPS) is 11.8. The Balaban J connectivity index is 0.839. The molecule has 5 heteroatoms. The van der Waals surface area contributed by atoms with Gasteiger partial charge in [-0.05, 0) is 113 Å². The summed E-state index contributed by atoms with van der Waals surface area (Å²) in [6.07, 6.45) is 0. The van der Waals surface area contributed by atoms with Crippen molar-refractivity contribution in [1.82, 2.24) is 19.1 Å². The number of rotatable bonds is 7. The lowest BCUT2D eigenvalue weighted by atomic mass is 10.0. The number of fused-ring (bicyclic) bond motifs is 9. The molecule has 14 aromatic rings. The first-order valence-corrected chi connectivity index (χ1v) is 23.4. The summed E-state index contributed by atoms with van der Waals surface area (Å²) in [6.45, 7) is 0. The van der Waals surface area contributed by atoms with Gasteiger partial charge in [-0.15, -0.1) is 0 Å². The lowest BCUT2D eigenvalue weighted by molar-refractivity contribution is 0.669. The molecule has 10 aromatic carbocycles. The molecule has 69 heavy (non-hydrogen) atoms. The molecule has 14 rings (SSSR count). The molecule has 4 aromatic heterocycles. The maximum atomic E-state index is 6.12. The smallest absolute Gasteiger partial charge is 0.160 e. The molecule has 0 spiro atoms. The zero-order chi connectivity index (χ0) is 45.4. The second kappa shape index (κ2) is 15.7. The Kier molecular flexibility index (Phi) is 8.83. The summed E-state index contributed by atoms with van der Waals surface area (Å²) in [5, 5.41) is 7.14. The van der Waals surface area contributed by atoms with Crippen molar-refractivity contribution in [1.29, 1.82) is 0 Å². The number of aromatic nitrogens is 4. The van der Waals surface area contributed by atoms with Gasteiger partial charge in [-0.3, -0.25) is 0 Å². The number of furan rings is 1. The zero-order valence-corrected chi connectivity index (χ0v) is 37.3. The van der Waals surface area contributed by atoms with E-state index in [1.807, 2.05) is 24.3 Å². The van der Waals surface area contributed by atoms with Gasteiger partial charge in [0.25, 0.3) is 0 Å². The molecular weight excluding hydrogens is 841 g/mol. The van der Waals surface area contributed by atoms with Crippen LogP contribution in [0.2, 0.25) is 0 Å². The molecule has 4 heterocycles. The molecule has 5 nitrogen and oxygen atoms in total. The van der Waals surface area contributed by atoms with E-state index in [1.54, 1.807) is 0 Å². The van der Waals surface area contributed by atoms with E-state index in [0.29, 0.717) is 5.82 Å². The summed E-state index contributed by atoms with van der Waals surface area (Å²) in [6, 6.07) is 86.4. The van der Waals surface area contributed by atoms with Crippen LogP contribution in [0.3, 0.4) is 0 Å². The van der Waals surface area contributed by atoms with Crippen LogP contribution in [0.4, 0.5) is 0 Å². The Morgan fingerprint density at radius 3 is 1.39 bits per heavy atom. The molecule has 0 bridgehead atoms. The van der Waals surface area contributed by atoms with Gasteiger partial charge in [0.05, 0.1) is 33.5 Å². The van der Waals surface area contributed by atoms with Crippen LogP contribution in [0.15, 0.2) is 247 Å². The van der Waals surface area contributed by atoms with Crippen molar-refractivity contribution < 1.29 is 4.42 Å². The average Bonchev–Trinajstić information content (AvgIpc) is 4.08. The molecule has 0 aliphatic carbocycles. The van der Waals surface area contributed by atoms with Crippen LogP contribution >= 0.6 is 0 Å². The average molecular weight is 881 g/mol. The topological polar surface area (TPSA) is 48.8 Å². The summed E-state index contributed by atoms with van der Waals surface area (Å²) in [5.74, 6) is 0.692. The Morgan fingerprint density at radius 2 is 0.710 bits per heavy atom. The van der Waals surface area contributed by atoms with Crippen molar-refractivity contribution in [2.45, 2.75) is 0 Å². The summed E-state index contributed by atoms with van der Waals surface area (Å²) in [4.78, 5) is 10.2. The predicted molar refractivity (Wildman–Crippen MR) is 285 cm³/mol. The number of hydrogen-bond donors (Lipinski definition) is 0. The van der Waals surface area contributed by atoms with Crippen LogP contribution in [0.1, 0.15) is 0 Å². The van der Waals surface area contributed by atoms with Crippen LogP contribution in [0.5, 0.6) is 0 Å². The first kappa shape index (κ1) is 38.9. The number of para-hydroxylation sites is 3. The lowest BCUT2D eigenvalue weighted by Crippen LogP contribution is -1.97. The van der Waals surface area contributed by atoms with Crippen LogP contribution in [-0.2, 0) is 0 Å². The van der Waals surface area contributed by atoms with Crippen molar-refractivity contribution in [3.63, 3.8) is 0 Å². The molecule has 0 amide bonds. The molecule has 0 saturated heterocycles. The van der Waals surface area contributed by atoms with E-state index < -0.39 is 0 Å². The van der Waals surface area contributed by atoms with E-state index in [1.165, 1.54) is 38.1 Å². The number of benzene rings is 10. The van der Waals surface area contributed by atoms with Gasteiger partial charge >= 0.3 is 0 Å². The maximum Gasteiger partial charge on any atom is 0.160 e. The molecule has 0 aliphatic heterocycles. The summed E-state index contributed by atoms with van der Waals surface area (Å²) in [5.41, 5.74) is 18.2. The Labute approximate surface area is 397 Å². The Bertz CT molecular complexity index is 4220. The first-order chi connectivity index (χ1) is 34.2. The minimum absolute atomic E-state index is 0.692. The van der Waals surface area contributed by atoms with Crippen molar-refractivity contribution in [3.05, 3.63) is 243 Å². The van der Waals surface area contributed by atoms with Crippen molar-refractivity contribution in [2.75, 3.05) is 0 Å². The van der Waals surface area contributed by atoms with E-state index in [-0.39, 0.29) is 0 Å². The van der Waals surface area contributed by atoms with Gasteiger partial charge in [0.15, 0.2) is 5.82 Å². The quantitative estimate of drug-likeness (QED) is 0.160. The second-order valence-corrected chi connectivity index (χ2v) is 17.8. The third-order valence-electron chi connectivity index (χ3n) is 13.8. The fourth-order valence-electron chi connectivity index (χ4n) is 10.4. The molecule has 0 aliphatic rings. The Hall–Kier alpha value is -9.32. The molecule has 0 fully saturated rings. The van der Waals surface area contributed by atoms with Gasteiger partial charge in [-0.25, -0.2) is 9.97 Å². The van der Waals surface area contributed by atoms with E-state index in [0.717, 1.165) is 89.1 Å². The van der Waals surface area contributed by atoms with Crippen LogP contribution in [-0.4, -0.2) is 19.1 Å². The summed E-state index contributed by atoms with van der Waals surface area (Å²) in [7, 11) is 0. The SMILES string of the molecule is c1ccc(-c2cc(-c3ccccc3)nc(-c3ccc(-n4c5ccccc5c5ccc(-c6ccc7c(c6)c6ccccc6n7-c6ccc(-c7ccc8oc9ccccc9c8c7)cc6)cc54)cc3)n2)cc1. The molecule has 322 valence electrons. The highest BCUT2D eigenvalue weighted by Gasteiger charge is 2.18. The van der Waals surface area contributed by atoms with Crippen molar-refractivity contribution in [3.8, 4) is 67.5 Å². The fraction of sp³-hybridized carbons (Fsp3) is 0. The Morgan fingerprint density at radius 1 is 0.261 bits per heavy atom. The molecule has 0 saturated carbocycles. The standard InChI is InChI=1S/C64H40N4O/c1-3-13-42(14-4-1)56-40-57(43-15-5-2-6-16-43)66-64(65-56)44-25-32-49(33-26-44)68-58-20-10-7-17-50(58)52-34-27-47(39-61(52)68)46-28-35-60-54(37-46)51-18-8-11-21-59(51)67(60)48-30-23-41(24-31-48)45-29-36-63-55(38-45)53-19-9-12-22-62(53)69-63/h1-40H. The van der Waals surface area contributed by atoms with E-state index >= 15 is 0 Å².